The minimum Gasteiger partial charge on any atom is -0.0991 e. The molecule has 11 heavy (non-hydrogen) atoms. The predicted molar refractivity (Wildman–Crippen MR) is 50.4 cm³/mol. The van der Waals surface area contributed by atoms with Gasteiger partial charge in [0.1, 0.15) is 0 Å². The first-order valence-electron chi connectivity index (χ1n) is 3.68. The van der Waals surface area contributed by atoms with E-state index in [0.29, 0.717) is 0 Å². The van der Waals surface area contributed by atoms with Crippen LogP contribution in [0.3, 0.4) is 0 Å². The van der Waals surface area contributed by atoms with Crippen molar-refractivity contribution in [3.63, 3.8) is 0 Å². The molecule has 0 N–H and O–H groups in total. The maximum Gasteiger partial charge on any atom is -0.0254 e. The highest BCUT2D eigenvalue weighted by molar-refractivity contribution is 5.51. The maximum atomic E-state index is 3.61. The van der Waals surface area contributed by atoms with Gasteiger partial charge in [0, 0.05) is 0 Å². The lowest BCUT2D eigenvalue weighted by Gasteiger charge is -1.93. The second-order valence-corrected chi connectivity index (χ2v) is 2.51. The largest absolute Gasteiger partial charge is 0.0991 e. The molecule has 0 saturated carbocycles. The maximum absolute atomic E-state index is 3.61. The lowest BCUT2D eigenvalue weighted by atomic mass is 10.1. The van der Waals surface area contributed by atoms with E-state index in [-0.39, 0.29) is 0 Å². The fourth-order valence-electron chi connectivity index (χ4n) is 0.953. The van der Waals surface area contributed by atoms with Gasteiger partial charge in [-0.3, -0.25) is 0 Å². The summed E-state index contributed by atoms with van der Waals surface area (Å²) in [7, 11) is 0. The molecule has 0 heteroatoms. The Morgan fingerprint density at radius 1 is 1.36 bits per heavy atom. The molecule has 0 aliphatic carbocycles. The standard InChI is InChI=1S/C11H12/c1-3-4-7-11-8-5-6-10(2)9-11/h3-9H,1H2,2H3. The van der Waals surface area contributed by atoms with Crippen LogP contribution in [0.1, 0.15) is 11.1 Å². The first-order valence-corrected chi connectivity index (χ1v) is 3.68. The van der Waals surface area contributed by atoms with Crippen LogP contribution in [0.5, 0.6) is 0 Å². The summed E-state index contributed by atoms with van der Waals surface area (Å²) in [5.41, 5.74) is 2.51. The summed E-state index contributed by atoms with van der Waals surface area (Å²) in [6.45, 7) is 5.70. The van der Waals surface area contributed by atoms with Gasteiger partial charge in [-0.25, -0.2) is 0 Å². The van der Waals surface area contributed by atoms with Crippen LogP contribution in [0.4, 0.5) is 0 Å². The number of hydrogen-bond acceptors (Lipinski definition) is 0. The van der Waals surface area contributed by atoms with Gasteiger partial charge >= 0.3 is 0 Å². The van der Waals surface area contributed by atoms with Gasteiger partial charge in [-0.15, -0.1) is 0 Å². The first kappa shape index (κ1) is 7.80. The molecule has 56 valence electrons. The van der Waals surface area contributed by atoms with Crippen LogP contribution in [0.2, 0.25) is 0 Å². The number of allylic oxidation sites excluding steroid dienone is 2. The van der Waals surface area contributed by atoms with Crippen LogP contribution in [0.25, 0.3) is 6.08 Å². The molecule has 0 amide bonds. The molecule has 0 atom stereocenters. The summed E-state index contributed by atoms with van der Waals surface area (Å²) in [5.74, 6) is 0. The van der Waals surface area contributed by atoms with Crippen LogP contribution < -0.4 is 0 Å². The molecule has 0 aromatic heterocycles. The highest BCUT2D eigenvalue weighted by Crippen LogP contribution is 2.05. The highest BCUT2D eigenvalue weighted by Gasteiger charge is 1.84. The van der Waals surface area contributed by atoms with E-state index >= 15 is 0 Å². The van der Waals surface area contributed by atoms with Crippen LogP contribution in [-0.4, -0.2) is 0 Å². The Hall–Kier alpha value is -1.30. The van der Waals surface area contributed by atoms with Gasteiger partial charge in [-0.1, -0.05) is 54.6 Å². The van der Waals surface area contributed by atoms with Crippen molar-refractivity contribution in [2.75, 3.05) is 0 Å². The molecular weight excluding hydrogens is 132 g/mol. The summed E-state index contributed by atoms with van der Waals surface area (Å²) in [6.07, 6.45) is 5.76. The SMILES string of the molecule is C=CC=Cc1cccc(C)c1. The normalized spacial score (nSPS) is 10.3. The van der Waals surface area contributed by atoms with Crippen LogP contribution in [0, 0.1) is 6.92 Å². The van der Waals surface area contributed by atoms with Crippen molar-refractivity contribution < 1.29 is 0 Å². The van der Waals surface area contributed by atoms with Crippen molar-refractivity contribution in [1.29, 1.82) is 0 Å². The van der Waals surface area contributed by atoms with E-state index in [9.17, 15) is 0 Å². The van der Waals surface area contributed by atoms with Gasteiger partial charge in [0.2, 0.25) is 0 Å². The van der Waals surface area contributed by atoms with Gasteiger partial charge in [0.25, 0.3) is 0 Å². The Balaban J connectivity index is 2.87. The van der Waals surface area contributed by atoms with Crippen LogP contribution in [0.15, 0.2) is 43.0 Å². The number of aryl methyl sites for hydroxylation is 1. The molecule has 1 aromatic carbocycles. The molecule has 0 nitrogen and oxygen atoms in total. The smallest absolute Gasteiger partial charge is 0.0254 e. The summed E-state index contributed by atoms with van der Waals surface area (Å²) in [5, 5.41) is 0. The van der Waals surface area contributed by atoms with Crippen molar-refractivity contribution in [2.45, 2.75) is 6.92 Å². The molecule has 0 aliphatic rings. The minimum absolute atomic E-state index is 1.23. The zero-order valence-electron chi connectivity index (χ0n) is 6.75. The molecule has 0 aliphatic heterocycles. The monoisotopic (exact) mass is 144 g/mol. The summed E-state index contributed by atoms with van der Waals surface area (Å²) in [6, 6.07) is 8.36. The quantitative estimate of drug-likeness (QED) is 0.559. The first-order chi connectivity index (χ1) is 5.33. The Bertz CT molecular complexity index is 269. The van der Waals surface area contributed by atoms with E-state index in [1.807, 2.05) is 12.2 Å². The van der Waals surface area contributed by atoms with Gasteiger partial charge in [-0.05, 0) is 12.5 Å². The number of rotatable bonds is 2. The average molecular weight is 144 g/mol. The van der Waals surface area contributed by atoms with Crippen molar-refractivity contribution in [3.8, 4) is 0 Å². The van der Waals surface area contributed by atoms with Crippen molar-refractivity contribution >= 4 is 6.08 Å². The van der Waals surface area contributed by atoms with E-state index in [1.54, 1.807) is 6.08 Å². The topological polar surface area (TPSA) is 0 Å². The number of benzene rings is 1. The minimum atomic E-state index is 1.23. The highest BCUT2D eigenvalue weighted by atomic mass is 13.9. The molecule has 1 aromatic rings. The van der Waals surface area contributed by atoms with Gasteiger partial charge in [0.15, 0.2) is 0 Å². The fraction of sp³-hybridized carbons (Fsp3) is 0.0909. The lowest BCUT2D eigenvalue weighted by molar-refractivity contribution is 1.46. The van der Waals surface area contributed by atoms with Crippen molar-refractivity contribution in [2.24, 2.45) is 0 Å². The van der Waals surface area contributed by atoms with Gasteiger partial charge in [0.05, 0.1) is 0 Å². The van der Waals surface area contributed by atoms with Crippen molar-refractivity contribution in [1.82, 2.24) is 0 Å². The van der Waals surface area contributed by atoms with E-state index in [2.05, 4.69) is 37.8 Å². The third kappa shape index (κ3) is 2.42. The van der Waals surface area contributed by atoms with E-state index in [4.69, 9.17) is 0 Å². The molecule has 1 rings (SSSR count). The molecule has 0 fully saturated rings. The van der Waals surface area contributed by atoms with E-state index in [1.165, 1.54) is 11.1 Å². The average Bonchev–Trinajstić information content (AvgIpc) is 2.01. The van der Waals surface area contributed by atoms with E-state index in [0.717, 1.165) is 0 Å². The van der Waals surface area contributed by atoms with Crippen LogP contribution >= 0.6 is 0 Å². The molecule has 0 spiro atoms. The molecular formula is C11H12. The summed E-state index contributed by atoms with van der Waals surface area (Å²) < 4.78 is 0. The second kappa shape index (κ2) is 3.77. The van der Waals surface area contributed by atoms with Gasteiger partial charge in [-0.2, -0.15) is 0 Å². The predicted octanol–water partition coefficient (Wildman–Crippen LogP) is 3.19. The van der Waals surface area contributed by atoms with Gasteiger partial charge < -0.3 is 0 Å². The van der Waals surface area contributed by atoms with Crippen LogP contribution in [-0.2, 0) is 0 Å². The van der Waals surface area contributed by atoms with Crippen molar-refractivity contribution in [3.05, 3.63) is 54.1 Å². The second-order valence-electron chi connectivity index (χ2n) is 2.51. The zero-order chi connectivity index (χ0) is 8.10. The Morgan fingerprint density at radius 2 is 2.18 bits per heavy atom. The van der Waals surface area contributed by atoms with E-state index < -0.39 is 0 Å². The third-order valence-corrected chi connectivity index (χ3v) is 1.47. The Kier molecular flexibility index (Phi) is 2.67. The molecule has 0 bridgehead atoms. The lowest BCUT2D eigenvalue weighted by Crippen LogP contribution is -1.73. The molecule has 0 heterocycles. The Labute approximate surface area is 67.9 Å². The molecule has 0 saturated heterocycles. The third-order valence-electron chi connectivity index (χ3n) is 1.47. The fourth-order valence-corrected chi connectivity index (χ4v) is 0.953. The molecule has 0 radical (unpaired) electrons. The summed E-state index contributed by atoms with van der Waals surface area (Å²) in [4.78, 5) is 0. The molecule has 0 unspecified atom stereocenters. The Morgan fingerprint density at radius 3 is 2.82 bits per heavy atom. The zero-order valence-corrected chi connectivity index (χ0v) is 6.75. The number of hydrogen-bond donors (Lipinski definition) is 0. The summed E-state index contributed by atoms with van der Waals surface area (Å²) >= 11 is 0.